The van der Waals surface area contributed by atoms with E-state index in [9.17, 15) is 4.79 Å². The Labute approximate surface area is 97.3 Å². The van der Waals surface area contributed by atoms with Crippen LogP contribution in [0, 0.1) is 11.8 Å². The summed E-state index contributed by atoms with van der Waals surface area (Å²) in [6.07, 6.45) is 0. The SMILES string of the molecule is CC(C)(C)OC(=O)C#CCN1CCNCC1. The van der Waals surface area contributed by atoms with Crippen LogP contribution in [0.1, 0.15) is 20.8 Å². The van der Waals surface area contributed by atoms with E-state index in [2.05, 4.69) is 22.1 Å². The molecule has 1 aliphatic heterocycles. The number of hydrogen-bond acceptors (Lipinski definition) is 4. The van der Waals surface area contributed by atoms with Gasteiger partial charge in [-0.2, -0.15) is 0 Å². The van der Waals surface area contributed by atoms with Gasteiger partial charge in [0.15, 0.2) is 0 Å². The number of carbonyl (C=O) groups excluding carboxylic acids is 1. The lowest BCUT2D eigenvalue weighted by Gasteiger charge is -2.24. The molecule has 1 heterocycles. The van der Waals surface area contributed by atoms with Crippen molar-refractivity contribution in [3.8, 4) is 11.8 Å². The highest BCUT2D eigenvalue weighted by Crippen LogP contribution is 2.05. The topological polar surface area (TPSA) is 41.6 Å². The first kappa shape index (κ1) is 13.0. The fraction of sp³-hybridized carbons (Fsp3) is 0.750. The van der Waals surface area contributed by atoms with Crippen LogP contribution in [-0.2, 0) is 9.53 Å². The maximum atomic E-state index is 11.3. The maximum absolute atomic E-state index is 11.3. The van der Waals surface area contributed by atoms with Crippen LogP contribution >= 0.6 is 0 Å². The molecule has 0 unspecified atom stereocenters. The van der Waals surface area contributed by atoms with E-state index >= 15 is 0 Å². The Morgan fingerprint density at radius 1 is 1.38 bits per heavy atom. The lowest BCUT2D eigenvalue weighted by Crippen LogP contribution is -2.43. The molecule has 1 rings (SSSR count). The molecule has 1 N–H and O–H groups in total. The van der Waals surface area contributed by atoms with Gasteiger partial charge in [-0.1, -0.05) is 5.92 Å². The van der Waals surface area contributed by atoms with Crippen LogP contribution in [0.2, 0.25) is 0 Å². The molecule has 0 aliphatic carbocycles. The second-order valence-electron chi connectivity index (χ2n) is 4.83. The molecular formula is C12H20N2O2. The first-order chi connectivity index (χ1) is 7.47. The van der Waals surface area contributed by atoms with Crippen molar-refractivity contribution in [2.24, 2.45) is 0 Å². The third-order valence-corrected chi connectivity index (χ3v) is 2.10. The monoisotopic (exact) mass is 224 g/mol. The predicted molar refractivity (Wildman–Crippen MR) is 62.9 cm³/mol. The smallest absolute Gasteiger partial charge is 0.384 e. The quantitative estimate of drug-likeness (QED) is 0.393. The molecule has 0 atom stereocenters. The number of carbonyl (C=O) groups is 1. The van der Waals surface area contributed by atoms with E-state index in [1.54, 1.807) is 0 Å². The molecule has 0 amide bonds. The Hall–Kier alpha value is -1.05. The van der Waals surface area contributed by atoms with Gasteiger partial charge < -0.3 is 10.1 Å². The summed E-state index contributed by atoms with van der Waals surface area (Å²) in [6.45, 7) is 10.1. The van der Waals surface area contributed by atoms with Crippen LogP contribution in [-0.4, -0.2) is 49.2 Å². The third kappa shape index (κ3) is 5.74. The number of esters is 1. The lowest BCUT2D eigenvalue weighted by molar-refractivity contribution is -0.147. The summed E-state index contributed by atoms with van der Waals surface area (Å²) in [7, 11) is 0. The molecule has 0 aromatic heterocycles. The van der Waals surface area contributed by atoms with E-state index in [4.69, 9.17) is 4.74 Å². The fourth-order valence-electron chi connectivity index (χ4n) is 1.40. The number of hydrogen-bond donors (Lipinski definition) is 1. The molecule has 16 heavy (non-hydrogen) atoms. The van der Waals surface area contributed by atoms with Crippen molar-refractivity contribution in [3.63, 3.8) is 0 Å². The molecule has 1 saturated heterocycles. The summed E-state index contributed by atoms with van der Waals surface area (Å²) in [6, 6.07) is 0. The highest BCUT2D eigenvalue weighted by Gasteiger charge is 2.14. The Morgan fingerprint density at radius 3 is 2.56 bits per heavy atom. The molecule has 0 radical (unpaired) electrons. The average molecular weight is 224 g/mol. The van der Waals surface area contributed by atoms with Crippen molar-refractivity contribution in [1.82, 2.24) is 10.2 Å². The number of piperazine rings is 1. The van der Waals surface area contributed by atoms with Crippen molar-refractivity contribution < 1.29 is 9.53 Å². The van der Waals surface area contributed by atoms with Gasteiger partial charge in [0.1, 0.15) is 5.60 Å². The van der Waals surface area contributed by atoms with Gasteiger partial charge in [-0.05, 0) is 20.8 Å². The standard InChI is InChI=1S/C12H20N2O2/c1-12(2,3)16-11(15)5-4-8-14-9-6-13-7-10-14/h13H,6-10H2,1-3H3. The highest BCUT2D eigenvalue weighted by molar-refractivity contribution is 5.88. The van der Waals surface area contributed by atoms with Gasteiger partial charge in [0.2, 0.25) is 0 Å². The zero-order valence-corrected chi connectivity index (χ0v) is 10.3. The molecule has 1 fully saturated rings. The molecule has 0 saturated carbocycles. The second kappa shape index (κ2) is 5.88. The van der Waals surface area contributed by atoms with E-state index in [-0.39, 0.29) is 0 Å². The van der Waals surface area contributed by atoms with Crippen molar-refractivity contribution in [2.45, 2.75) is 26.4 Å². The summed E-state index contributed by atoms with van der Waals surface area (Å²) in [5.41, 5.74) is -0.458. The zero-order valence-electron chi connectivity index (χ0n) is 10.3. The molecule has 0 aromatic rings. The van der Waals surface area contributed by atoms with Gasteiger partial charge >= 0.3 is 5.97 Å². The molecule has 0 aromatic carbocycles. The normalized spacial score (nSPS) is 17.4. The molecule has 1 aliphatic rings. The third-order valence-electron chi connectivity index (χ3n) is 2.10. The number of nitrogens with zero attached hydrogens (tertiary/aromatic N) is 1. The average Bonchev–Trinajstić information content (AvgIpc) is 2.16. The Morgan fingerprint density at radius 2 is 2.00 bits per heavy atom. The van der Waals surface area contributed by atoms with Crippen molar-refractivity contribution in [1.29, 1.82) is 0 Å². The number of nitrogens with one attached hydrogen (secondary N) is 1. The molecule has 4 heteroatoms. The van der Waals surface area contributed by atoms with Crippen molar-refractivity contribution in [2.75, 3.05) is 32.7 Å². The van der Waals surface area contributed by atoms with Gasteiger partial charge in [-0.25, -0.2) is 4.79 Å². The van der Waals surface area contributed by atoms with Gasteiger partial charge in [0.05, 0.1) is 6.54 Å². The summed E-state index contributed by atoms with van der Waals surface area (Å²) in [5.74, 6) is 4.92. The van der Waals surface area contributed by atoms with E-state index in [0.29, 0.717) is 6.54 Å². The van der Waals surface area contributed by atoms with Crippen LogP contribution in [0.25, 0.3) is 0 Å². The molecule has 0 spiro atoms. The van der Waals surface area contributed by atoms with Crippen LogP contribution in [0.15, 0.2) is 0 Å². The zero-order chi connectivity index (χ0) is 12.0. The molecule has 0 bridgehead atoms. The Kier molecular flexibility index (Phi) is 4.78. The number of rotatable bonds is 1. The molecular weight excluding hydrogens is 204 g/mol. The Bertz CT molecular complexity index is 290. The van der Waals surface area contributed by atoms with Gasteiger partial charge in [0.25, 0.3) is 0 Å². The lowest BCUT2D eigenvalue weighted by atomic mass is 10.2. The first-order valence-electron chi connectivity index (χ1n) is 5.62. The highest BCUT2D eigenvalue weighted by atomic mass is 16.6. The second-order valence-corrected chi connectivity index (χ2v) is 4.83. The van der Waals surface area contributed by atoms with Crippen molar-refractivity contribution in [3.05, 3.63) is 0 Å². The van der Waals surface area contributed by atoms with Crippen LogP contribution in [0.5, 0.6) is 0 Å². The van der Waals surface area contributed by atoms with E-state index < -0.39 is 11.6 Å². The van der Waals surface area contributed by atoms with Crippen LogP contribution < -0.4 is 5.32 Å². The summed E-state index contributed by atoms with van der Waals surface area (Å²) >= 11 is 0. The summed E-state index contributed by atoms with van der Waals surface area (Å²) < 4.78 is 5.08. The Balaban J connectivity index is 2.28. The van der Waals surface area contributed by atoms with Crippen LogP contribution in [0.3, 0.4) is 0 Å². The summed E-state index contributed by atoms with van der Waals surface area (Å²) in [5, 5.41) is 3.26. The predicted octanol–water partition coefficient (Wildman–Crippen LogP) is 0.237. The summed E-state index contributed by atoms with van der Waals surface area (Å²) in [4.78, 5) is 13.5. The first-order valence-corrected chi connectivity index (χ1v) is 5.62. The fourth-order valence-corrected chi connectivity index (χ4v) is 1.40. The van der Waals surface area contributed by atoms with Gasteiger partial charge in [0, 0.05) is 32.1 Å². The van der Waals surface area contributed by atoms with E-state index in [1.165, 1.54) is 0 Å². The van der Waals surface area contributed by atoms with Crippen molar-refractivity contribution >= 4 is 5.97 Å². The van der Waals surface area contributed by atoms with Crippen LogP contribution in [0.4, 0.5) is 0 Å². The minimum absolute atomic E-state index is 0.442. The van der Waals surface area contributed by atoms with Gasteiger partial charge in [-0.3, -0.25) is 4.90 Å². The number of ether oxygens (including phenoxy) is 1. The van der Waals surface area contributed by atoms with E-state index in [1.807, 2.05) is 20.8 Å². The minimum atomic E-state index is -0.458. The van der Waals surface area contributed by atoms with E-state index in [0.717, 1.165) is 26.2 Å². The largest absolute Gasteiger partial charge is 0.450 e. The maximum Gasteiger partial charge on any atom is 0.384 e. The minimum Gasteiger partial charge on any atom is -0.450 e. The molecule has 90 valence electrons. The van der Waals surface area contributed by atoms with Gasteiger partial charge in [-0.15, -0.1) is 0 Å². The molecule has 4 nitrogen and oxygen atoms in total.